The lowest BCUT2D eigenvalue weighted by atomic mass is 9.94. The molecule has 2 nitrogen and oxygen atoms in total. The molecular weight excluding hydrogens is 196 g/mol. The van der Waals surface area contributed by atoms with Crippen LogP contribution in [0.3, 0.4) is 0 Å². The zero-order chi connectivity index (χ0) is 10.5. The van der Waals surface area contributed by atoms with Crippen LogP contribution in [0.1, 0.15) is 29.8 Å². The highest BCUT2D eigenvalue weighted by Crippen LogP contribution is 2.31. The maximum Gasteiger partial charge on any atom is 0.0554 e. The van der Waals surface area contributed by atoms with Crippen LogP contribution in [0.2, 0.25) is 0 Å². The SMILES string of the molecule is C1=Cc2cc3cnc4c(c3n2C1)CCCC4. The number of hydrogen-bond acceptors (Lipinski definition) is 1. The van der Waals surface area contributed by atoms with Gasteiger partial charge in [-0.05, 0) is 43.4 Å². The van der Waals surface area contributed by atoms with Crippen molar-refractivity contribution in [1.29, 1.82) is 0 Å². The minimum Gasteiger partial charge on any atom is -0.337 e. The lowest BCUT2D eigenvalue weighted by Gasteiger charge is -2.16. The molecule has 0 saturated heterocycles. The molecule has 16 heavy (non-hydrogen) atoms. The van der Waals surface area contributed by atoms with Crippen LogP contribution in [0.25, 0.3) is 17.0 Å². The van der Waals surface area contributed by atoms with Crippen molar-refractivity contribution in [2.24, 2.45) is 0 Å². The van der Waals surface area contributed by atoms with Crippen LogP contribution in [0.5, 0.6) is 0 Å². The maximum atomic E-state index is 4.62. The average Bonchev–Trinajstić information content (AvgIpc) is 2.88. The smallest absolute Gasteiger partial charge is 0.0554 e. The van der Waals surface area contributed by atoms with Gasteiger partial charge in [-0.2, -0.15) is 0 Å². The fraction of sp³-hybridized carbons (Fsp3) is 0.357. The molecule has 2 aliphatic rings. The molecule has 0 atom stereocenters. The van der Waals surface area contributed by atoms with Crippen LogP contribution in [-0.2, 0) is 19.4 Å². The predicted octanol–water partition coefficient (Wildman–Crippen LogP) is 2.94. The molecule has 0 aromatic carbocycles. The highest BCUT2D eigenvalue weighted by atomic mass is 15.0. The van der Waals surface area contributed by atoms with Gasteiger partial charge in [0, 0.05) is 29.5 Å². The summed E-state index contributed by atoms with van der Waals surface area (Å²) >= 11 is 0. The van der Waals surface area contributed by atoms with Gasteiger partial charge in [0.25, 0.3) is 0 Å². The highest BCUT2D eigenvalue weighted by molar-refractivity contribution is 5.87. The maximum absolute atomic E-state index is 4.62. The summed E-state index contributed by atoms with van der Waals surface area (Å²) in [4.78, 5) is 4.62. The second kappa shape index (κ2) is 2.97. The van der Waals surface area contributed by atoms with E-state index in [0.29, 0.717) is 0 Å². The Kier molecular flexibility index (Phi) is 1.59. The molecule has 0 bridgehead atoms. The van der Waals surface area contributed by atoms with Gasteiger partial charge >= 0.3 is 0 Å². The van der Waals surface area contributed by atoms with E-state index >= 15 is 0 Å². The van der Waals surface area contributed by atoms with Gasteiger partial charge in [0.05, 0.1) is 5.52 Å². The fourth-order valence-corrected chi connectivity index (χ4v) is 3.07. The van der Waals surface area contributed by atoms with E-state index in [1.54, 1.807) is 0 Å². The van der Waals surface area contributed by atoms with E-state index in [1.165, 1.54) is 53.5 Å². The molecule has 1 aliphatic heterocycles. The third kappa shape index (κ3) is 0.993. The van der Waals surface area contributed by atoms with Gasteiger partial charge in [-0.1, -0.05) is 6.08 Å². The van der Waals surface area contributed by atoms with Crippen molar-refractivity contribution in [1.82, 2.24) is 9.55 Å². The summed E-state index contributed by atoms with van der Waals surface area (Å²) in [5.74, 6) is 0. The molecule has 0 unspecified atom stereocenters. The third-order valence-electron chi connectivity index (χ3n) is 3.82. The van der Waals surface area contributed by atoms with Crippen LogP contribution in [0.4, 0.5) is 0 Å². The molecule has 2 aromatic heterocycles. The number of rotatable bonds is 0. The largest absolute Gasteiger partial charge is 0.337 e. The van der Waals surface area contributed by atoms with Crippen molar-refractivity contribution in [2.75, 3.05) is 0 Å². The van der Waals surface area contributed by atoms with Crippen molar-refractivity contribution in [2.45, 2.75) is 32.2 Å². The van der Waals surface area contributed by atoms with Gasteiger partial charge in [0.2, 0.25) is 0 Å². The minimum atomic E-state index is 1.04. The van der Waals surface area contributed by atoms with Crippen LogP contribution in [-0.4, -0.2) is 9.55 Å². The molecule has 80 valence electrons. The summed E-state index contributed by atoms with van der Waals surface area (Å²) in [6.45, 7) is 1.04. The van der Waals surface area contributed by atoms with Gasteiger partial charge in [-0.3, -0.25) is 4.98 Å². The van der Waals surface area contributed by atoms with Crippen molar-refractivity contribution >= 4 is 17.0 Å². The highest BCUT2D eigenvalue weighted by Gasteiger charge is 2.19. The normalized spacial score (nSPS) is 17.8. The molecule has 2 aromatic rings. The monoisotopic (exact) mass is 210 g/mol. The Bertz CT molecular complexity index is 605. The minimum absolute atomic E-state index is 1.04. The van der Waals surface area contributed by atoms with E-state index in [1.807, 2.05) is 0 Å². The van der Waals surface area contributed by atoms with E-state index in [-0.39, 0.29) is 0 Å². The van der Waals surface area contributed by atoms with Crippen molar-refractivity contribution in [3.05, 3.63) is 35.3 Å². The molecule has 0 spiro atoms. The van der Waals surface area contributed by atoms with Gasteiger partial charge in [-0.15, -0.1) is 0 Å². The Balaban J connectivity index is 2.10. The average molecular weight is 210 g/mol. The first kappa shape index (κ1) is 8.57. The van der Waals surface area contributed by atoms with Crippen LogP contribution in [0, 0.1) is 0 Å². The van der Waals surface area contributed by atoms with Crippen LogP contribution >= 0.6 is 0 Å². The Labute approximate surface area is 94.6 Å². The van der Waals surface area contributed by atoms with Gasteiger partial charge in [0.1, 0.15) is 0 Å². The summed E-state index contributed by atoms with van der Waals surface area (Å²) in [6.07, 6.45) is 11.5. The van der Waals surface area contributed by atoms with Crippen LogP contribution < -0.4 is 0 Å². The topological polar surface area (TPSA) is 17.8 Å². The summed E-state index contributed by atoms with van der Waals surface area (Å²) in [7, 11) is 0. The Morgan fingerprint density at radius 3 is 3.12 bits per heavy atom. The first-order chi connectivity index (χ1) is 7.93. The summed E-state index contributed by atoms with van der Waals surface area (Å²) in [6, 6.07) is 2.26. The molecule has 3 heterocycles. The number of aryl methyl sites for hydroxylation is 2. The molecule has 0 N–H and O–H groups in total. The van der Waals surface area contributed by atoms with E-state index in [9.17, 15) is 0 Å². The fourth-order valence-electron chi connectivity index (χ4n) is 3.07. The number of fused-ring (bicyclic) bond motifs is 5. The zero-order valence-corrected chi connectivity index (χ0v) is 9.24. The van der Waals surface area contributed by atoms with Crippen LogP contribution in [0.15, 0.2) is 18.3 Å². The second-order valence-electron chi connectivity index (χ2n) is 4.78. The molecular formula is C14H14N2. The van der Waals surface area contributed by atoms with Crippen molar-refractivity contribution in [3.8, 4) is 0 Å². The van der Waals surface area contributed by atoms with E-state index in [0.717, 1.165) is 6.54 Å². The van der Waals surface area contributed by atoms with Crippen molar-refractivity contribution < 1.29 is 0 Å². The third-order valence-corrected chi connectivity index (χ3v) is 3.82. The number of pyridine rings is 1. The van der Waals surface area contributed by atoms with Gasteiger partial charge < -0.3 is 4.57 Å². The Morgan fingerprint density at radius 2 is 2.12 bits per heavy atom. The Hall–Kier alpha value is -1.57. The molecule has 0 radical (unpaired) electrons. The van der Waals surface area contributed by atoms with E-state index in [2.05, 4.69) is 34.0 Å². The number of hydrogen-bond donors (Lipinski definition) is 0. The molecule has 1 aliphatic carbocycles. The summed E-state index contributed by atoms with van der Waals surface area (Å²) < 4.78 is 2.43. The quantitative estimate of drug-likeness (QED) is 0.653. The van der Waals surface area contributed by atoms with Crippen molar-refractivity contribution in [3.63, 3.8) is 0 Å². The molecule has 0 amide bonds. The van der Waals surface area contributed by atoms with E-state index < -0.39 is 0 Å². The number of nitrogens with zero attached hydrogens (tertiary/aromatic N) is 2. The molecule has 0 fully saturated rings. The predicted molar refractivity (Wildman–Crippen MR) is 65.4 cm³/mol. The molecule has 0 saturated carbocycles. The summed E-state index contributed by atoms with van der Waals surface area (Å²) in [5, 5.41) is 1.32. The molecule has 4 rings (SSSR count). The number of aromatic nitrogens is 2. The van der Waals surface area contributed by atoms with E-state index in [4.69, 9.17) is 0 Å². The first-order valence-electron chi connectivity index (χ1n) is 6.10. The van der Waals surface area contributed by atoms with Gasteiger partial charge in [0.15, 0.2) is 0 Å². The Morgan fingerprint density at radius 1 is 1.19 bits per heavy atom. The molecule has 2 heteroatoms. The standard InChI is InChI=1S/C14H14N2/c1-2-6-13-12(5-1)14-10(9-15-13)8-11-4-3-7-16(11)14/h3-4,8-9H,1-2,5-7H2. The number of allylic oxidation sites excluding steroid dienone is 1. The lowest BCUT2D eigenvalue weighted by Crippen LogP contribution is -2.07. The lowest BCUT2D eigenvalue weighted by molar-refractivity contribution is 0.669. The zero-order valence-electron chi connectivity index (χ0n) is 9.24. The van der Waals surface area contributed by atoms with Gasteiger partial charge in [-0.25, -0.2) is 0 Å². The summed E-state index contributed by atoms with van der Waals surface area (Å²) in [5.41, 5.74) is 5.64. The first-order valence-corrected chi connectivity index (χ1v) is 6.10. The second-order valence-corrected chi connectivity index (χ2v) is 4.78.